The first-order valence-electron chi connectivity index (χ1n) is 6.77. The maximum Gasteiger partial charge on any atom is 0.238 e. The molecule has 0 aliphatic carbocycles. The van der Waals surface area contributed by atoms with E-state index >= 15 is 0 Å². The Morgan fingerprint density at radius 3 is 3.05 bits per heavy atom. The van der Waals surface area contributed by atoms with Gasteiger partial charge in [-0.05, 0) is 31.3 Å². The molecule has 0 unspecified atom stereocenters. The van der Waals surface area contributed by atoms with Gasteiger partial charge < -0.3 is 14.4 Å². The zero-order chi connectivity index (χ0) is 14.7. The Labute approximate surface area is 122 Å². The van der Waals surface area contributed by atoms with E-state index in [0.717, 1.165) is 6.54 Å². The number of rotatable bonds is 3. The molecular formula is C15H16FN3O2. The van der Waals surface area contributed by atoms with Gasteiger partial charge in [0.25, 0.3) is 0 Å². The maximum atomic E-state index is 14.0. The van der Waals surface area contributed by atoms with Crippen LogP contribution >= 0.6 is 0 Å². The number of morpholine rings is 1. The van der Waals surface area contributed by atoms with Crippen molar-refractivity contribution in [1.82, 2.24) is 15.1 Å². The summed E-state index contributed by atoms with van der Waals surface area (Å²) in [4.78, 5) is 2.11. The first kappa shape index (κ1) is 13.9. The molecule has 5 nitrogen and oxygen atoms in total. The van der Waals surface area contributed by atoms with Crippen LogP contribution in [0.25, 0.3) is 0 Å². The molecule has 6 heteroatoms. The van der Waals surface area contributed by atoms with E-state index in [1.165, 1.54) is 6.07 Å². The molecule has 0 N–H and O–H groups in total. The van der Waals surface area contributed by atoms with Crippen LogP contribution in [0, 0.1) is 5.82 Å². The molecule has 0 bridgehead atoms. The highest BCUT2D eigenvalue weighted by atomic mass is 19.1. The van der Waals surface area contributed by atoms with Crippen LogP contribution in [0.3, 0.4) is 0 Å². The summed E-state index contributed by atoms with van der Waals surface area (Å²) in [6.45, 7) is 2.11. The minimum absolute atomic E-state index is 0.283. The first-order chi connectivity index (χ1) is 10.2. The zero-order valence-corrected chi connectivity index (χ0v) is 11.7. The minimum atomic E-state index is -0.290. The molecule has 110 valence electrons. The fourth-order valence-corrected chi connectivity index (χ4v) is 2.26. The SMILES string of the molecule is CN1CCO[C@H](c2cc(Oc3cccnn3)ccc2F)C1. The second-order valence-electron chi connectivity index (χ2n) is 4.97. The van der Waals surface area contributed by atoms with Crippen LogP contribution in [0.1, 0.15) is 11.7 Å². The Bertz CT molecular complexity index is 609. The smallest absolute Gasteiger partial charge is 0.238 e. The van der Waals surface area contributed by atoms with Gasteiger partial charge in [-0.2, -0.15) is 5.10 Å². The molecular weight excluding hydrogens is 273 g/mol. The van der Waals surface area contributed by atoms with E-state index in [4.69, 9.17) is 9.47 Å². The van der Waals surface area contributed by atoms with Gasteiger partial charge in [-0.15, -0.1) is 5.10 Å². The van der Waals surface area contributed by atoms with Gasteiger partial charge in [0.2, 0.25) is 5.88 Å². The number of likely N-dealkylation sites (N-methyl/N-ethyl adjacent to an activating group) is 1. The number of benzene rings is 1. The summed E-state index contributed by atoms with van der Waals surface area (Å²) in [6, 6.07) is 8.04. The van der Waals surface area contributed by atoms with Gasteiger partial charge >= 0.3 is 0 Å². The van der Waals surface area contributed by atoms with Gasteiger partial charge in [-0.1, -0.05) is 0 Å². The Balaban J connectivity index is 1.82. The zero-order valence-electron chi connectivity index (χ0n) is 11.7. The van der Waals surface area contributed by atoms with Crippen LogP contribution in [-0.2, 0) is 4.74 Å². The summed E-state index contributed by atoms with van der Waals surface area (Å²) in [7, 11) is 1.99. The van der Waals surface area contributed by atoms with Crippen LogP contribution < -0.4 is 4.74 Å². The van der Waals surface area contributed by atoms with Crippen molar-refractivity contribution in [3.8, 4) is 11.6 Å². The van der Waals surface area contributed by atoms with E-state index < -0.39 is 0 Å². The summed E-state index contributed by atoms with van der Waals surface area (Å²) in [5.74, 6) is 0.599. The van der Waals surface area contributed by atoms with Crippen molar-refractivity contribution in [2.24, 2.45) is 0 Å². The van der Waals surface area contributed by atoms with Crippen molar-refractivity contribution in [1.29, 1.82) is 0 Å². The fraction of sp³-hybridized carbons (Fsp3) is 0.333. The number of hydrogen-bond donors (Lipinski definition) is 0. The lowest BCUT2D eigenvalue weighted by Crippen LogP contribution is -2.35. The van der Waals surface area contributed by atoms with E-state index in [1.54, 1.807) is 30.5 Å². The van der Waals surface area contributed by atoms with Crippen molar-refractivity contribution in [3.05, 3.63) is 47.9 Å². The van der Waals surface area contributed by atoms with E-state index in [-0.39, 0.29) is 11.9 Å². The molecule has 0 amide bonds. The Morgan fingerprint density at radius 2 is 2.29 bits per heavy atom. The number of nitrogens with zero attached hydrogens (tertiary/aromatic N) is 3. The number of halogens is 1. The lowest BCUT2D eigenvalue weighted by Gasteiger charge is -2.30. The molecule has 1 atom stereocenters. The summed E-state index contributed by atoms with van der Waals surface area (Å²) >= 11 is 0. The fourth-order valence-electron chi connectivity index (χ4n) is 2.26. The van der Waals surface area contributed by atoms with Gasteiger partial charge in [-0.25, -0.2) is 4.39 Å². The first-order valence-corrected chi connectivity index (χ1v) is 6.77. The normalized spacial score (nSPS) is 19.4. The molecule has 0 saturated carbocycles. The van der Waals surface area contributed by atoms with Crippen molar-refractivity contribution in [2.45, 2.75) is 6.10 Å². The highest BCUT2D eigenvalue weighted by molar-refractivity contribution is 5.34. The van der Waals surface area contributed by atoms with E-state index in [1.807, 2.05) is 7.05 Å². The van der Waals surface area contributed by atoms with Gasteiger partial charge in [-0.3, -0.25) is 0 Å². The van der Waals surface area contributed by atoms with E-state index in [0.29, 0.717) is 30.3 Å². The molecule has 2 aromatic rings. The number of ether oxygens (including phenoxy) is 2. The Morgan fingerprint density at radius 1 is 1.38 bits per heavy atom. The standard InChI is InChI=1S/C15H16FN3O2/c1-19-7-8-20-14(10-19)12-9-11(4-5-13(12)16)21-15-3-2-6-17-18-15/h2-6,9,14H,7-8,10H2,1H3/t14-/m0/s1. The Kier molecular flexibility index (Phi) is 4.08. The molecule has 2 heterocycles. The summed E-state index contributed by atoms with van der Waals surface area (Å²) in [5, 5.41) is 7.59. The molecule has 21 heavy (non-hydrogen) atoms. The average molecular weight is 289 g/mol. The van der Waals surface area contributed by atoms with Crippen molar-refractivity contribution in [2.75, 3.05) is 26.7 Å². The van der Waals surface area contributed by atoms with E-state index in [2.05, 4.69) is 15.1 Å². The van der Waals surface area contributed by atoms with Crippen molar-refractivity contribution >= 4 is 0 Å². The second-order valence-corrected chi connectivity index (χ2v) is 4.97. The third kappa shape index (κ3) is 3.34. The van der Waals surface area contributed by atoms with Gasteiger partial charge in [0, 0.05) is 30.9 Å². The van der Waals surface area contributed by atoms with Crippen molar-refractivity contribution in [3.63, 3.8) is 0 Å². The predicted octanol–water partition coefficient (Wildman–Crippen LogP) is 2.41. The quantitative estimate of drug-likeness (QED) is 0.868. The van der Waals surface area contributed by atoms with Gasteiger partial charge in [0.15, 0.2) is 0 Å². The largest absolute Gasteiger partial charge is 0.438 e. The average Bonchev–Trinajstić information content (AvgIpc) is 2.50. The summed E-state index contributed by atoms with van der Waals surface area (Å²) in [6.07, 6.45) is 1.28. The van der Waals surface area contributed by atoms with Crippen LogP contribution in [-0.4, -0.2) is 41.8 Å². The summed E-state index contributed by atoms with van der Waals surface area (Å²) in [5.41, 5.74) is 0.503. The topological polar surface area (TPSA) is 47.5 Å². The van der Waals surface area contributed by atoms with Crippen molar-refractivity contribution < 1.29 is 13.9 Å². The molecule has 0 radical (unpaired) electrons. The lowest BCUT2D eigenvalue weighted by molar-refractivity contribution is -0.0226. The molecule has 1 aromatic heterocycles. The third-order valence-corrected chi connectivity index (χ3v) is 3.35. The third-order valence-electron chi connectivity index (χ3n) is 3.35. The van der Waals surface area contributed by atoms with Crippen LogP contribution in [0.15, 0.2) is 36.5 Å². The van der Waals surface area contributed by atoms with Crippen LogP contribution in [0.2, 0.25) is 0 Å². The highest BCUT2D eigenvalue weighted by Crippen LogP contribution is 2.29. The molecule has 1 saturated heterocycles. The van der Waals surface area contributed by atoms with Crippen LogP contribution in [0.5, 0.6) is 11.6 Å². The number of hydrogen-bond acceptors (Lipinski definition) is 5. The molecule has 3 rings (SSSR count). The highest BCUT2D eigenvalue weighted by Gasteiger charge is 2.23. The summed E-state index contributed by atoms with van der Waals surface area (Å²) < 4.78 is 25.3. The van der Waals surface area contributed by atoms with Gasteiger partial charge in [0.05, 0.1) is 12.7 Å². The lowest BCUT2D eigenvalue weighted by atomic mass is 10.1. The Hall–Kier alpha value is -2.05. The molecule has 1 fully saturated rings. The van der Waals surface area contributed by atoms with Crippen LogP contribution in [0.4, 0.5) is 4.39 Å². The molecule has 1 aliphatic rings. The predicted molar refractivity (Wildman–Crippen MR) is 74.7 cm³/mol. The molecule has 0 spiro atoms. The van der Waals surface area contributed by atoms with Gasteiger partial charge in [0.1, 0.15) is 11.6 Å². The molecule has 1 aliphatic heterocycles. The maximum absolute atomic E-state index is 14.0. The minimum Gasteiger partial charge on any atom is -0.438 e. The molecule has 1 aromatic carbocycles. The van der Waals surface area contributed by atoms with E-state index in [9.17, 15) is 4.39 Å². The monoisotopic (exact) mass is 289 g/mol. The second kappa shape index (κ2) is 6.15. The number of aromatic nitrogens is 2.